The van der Waals surface area contributed by atoms with Crippen LogP contribution >= 0.6 is 23.4 Å². The Bertz CT molecular complexity index is 105. The minimum absolute atomic E-state index is 0.567. The Kier molecular flexibility index (Phi) is 4.08. The van der Waals surface area contributed by atoms with Crippen molar-refractivity contribution in [2.45, 2.75) is 32.1 Å². The highest BCUT2D eigenvalue weighted by Crippen LogP contribution is 2.45. The van der Waals surface area contributed by atoms with Gasteiger partial charge in [0, 0.05) is 5.88 Å². The normalized spacial score (nSPS) is 21.3. The number of hydrogen-bond donors (Lipinski definition) is 0. The van der Waals surface area contributed by atoms with Crippen molar-refractivity contribution in [3.63, 3.8) is 0 Å². The Morgan fingerprint density at radius 1 is 1.45 bits per heavy atom. The molecule has 0 bridgehead atoms. The molecule has 0 amide bonds. The lowest BCUT2D eigenvalue weighted by atomic mass is 9.68. The Hall–Kier alpha value is 0.640. The molecule has 1 rings (SSSR count). The molecule has 0 N–H and O–H groups in total. The first-order valence-corrected chi connectivity index (χ1v) is 6.31. The highest BCUT2D eigenvalue weighted by molar-refractivity contribution is 7.98. The largest absolute Gasteiger partial charge is 0.165 e. The topological polar surface area (TPSA) is 0 Å². The van der Waals surface area contributed by atoms with E-state index in [1.165, 1.54) is 37.9 Å². The van der Waals surface area contributed by atoms with E-state index in [9.17, 15) is 0 Å². The van der Waals surface area contributed by atoms with E-state index in [1.54, 1.807) is 0 Å². The van der Waals surface area contributed by atoms with Crippen LogP contribution < -0.4 is 0 Å². The van der Waals surface area contributed by atoms with Gasteiger partial charge in [0.25, 0.3) is 0 Å². The number of alkyl halides is 1. The van der Waals surface area contributed by atoms with Gasteiger partial charge in [-0.15, -0.1) is 11.6 Å². The zero-order valence-electron chi connectivity index (χ0n) is 7.24. The van der Waals surface area contributed by atoms with Crippen molar-refractivity contribution in [3.05, 3.63) is 0 Å². The van der Waals surface area contributed by atoms with Crippen molar-refractivity contribution >= 4 is 23.4 Å². The molecule has 1 fully saturated rings. The van der Waals surface area contributed by atoms with Gasteiger partial charge in [-0.3, -0.25) is 0 Å². The van der Waals surface area contributed by atoms with E-state index in [2.05, 4.69) is 6.26 Å². The number of halogens is 1. The highest BCUT2D eigenvalue weighted by Gasteiger charge is 2.34. The third kappa shape index (κ3) is 2.55. The summed E-state index contributed by atoms with van der Waals surface area (Å²) < 4.78 is 0. The Balaban J connectivity index is 2.11. The SMILES string of the molecule is CSCCCC1(CCl)CCC1. The molecular weight excluding hydrogens is 176 g/mol. The van der Waals surface area contributed by atoms with E-state index in [1.807, 2.05) is 11.8 Å². The zero-order chi connectivity index (χ0) is 8.16. The lowest BCUT2D eigenvalue weighted by Gasteiger charge is -2.40. The summed E-state index contributed by atoms with van der Waals surface area (Å²) in [6.07, 6.45) is 9.06. The van der Waals surface area contributed by atoms with Crippen LogP contribution in [0.15, 0.2) is 0 Å². The quantitative estimate of drug-likeness (QED) is 0.475. The molecule has 66 valence electrons. The molecule has 0 aromatic heterocycles. The fourth-order valence-electron chi connectivity index (χ4n) is 1.72. The maximum atomic E-state index is 5.93. The van der Waals surface area contributed by atoms with Gasteiger partial charge in [-0.1, -0.05) is 6.42 Å². The van der Waals surface area contributed by atoms with E-state index in [4.69, 9.17) is 11.6 Å². The maximum absolute atomic E-state index is 5.93. The van der Waals surface area contributed by atoms with E-state index < -0.39 is 0 Å². The summed E-state index contributed by atoms with van der Waals surface area (Å²) >= 11 is 7.88. The Morgan fingerprint density at radius 2 is 2.18 bits per heavy atom. The summed E-state index contributed by atoms with van der Waals surface area (Å²) in [4.78, 5) is 0. The molecule has 0 aliphatic heterocycles. The summed E-state index contributed by atoms with van der Waals surface area (Å²) in [5.41, 5.74) is 0.567. The van der Waals surface area contributed by atoms with Crippen LogP contribution in [-0.2, 0) is 0 Å². The van der Waals surface area contributed by atoms with Crippen molar-refractivity contribution in [2.75, 3.05) is 17.9 Å². The summed E-state index contributed by atoms with van der Waals surface area (Å²) in [6, 6.07) is 0. The van der Waals surface area contributed by atoms with Gasteiger partial charge >= 0.3 is 0 Å². The van der Waals surface area contributed by atoms with Crippen molar-refractivity contribution in [1.29, 1.82) is 0 Å². The van der Waals surface area contributed by atoms with E-state index >= 15 is 0 Å². The van der Waals surface area contributed by atoms with Crippen molar-refractivity contribution in [2.24, 2.45) is 5.41 Å². The van der Waals surface area contributed by atoms with Gasteiger partial charge in [-0.2, -0.15) is 11.8 Å². The third-order valence-electron chi connectivity index (χ3n) is 2.75. The van der Waals surface area contributed by atoms with Crippen LogP contribution in [0.2, 0.25) is 0 Å². The lowest BCUT2D eigenvalue weighted by Crippen LogP contribution is -2.31. The molecule has 2 heteroatoms. The number of hydrogen-bond acceptors (Lipinski definition) is 1. The molecular formula is C9H17ClS. The summed E-state index contributed by atoms with van der Waals surface area (Å²) in [6.45, 7) is 0. The second-order valence-corrected chi connectivity index (χ2v) is 4.84. The molecule has 0 spiro atoms. The van der Waals surface area contributed by atoms with Crippen LogP contribution in [0.1, 0.15) is 32.1 Å². The van der Waals surface area contributed by atoms with Crippen molar-refractivity contribution in [1.82, 2.24) is 0 Å². The van der Waals surface area contributed by atoms with E-state index in [0.29, 0.717) is 5.41 Å². The minimum atomic E-state index is 0.567. The molecule has 0 saturated heterocycles. The second-order valence-electron chi connectivity index (χ2n) is 3.58. The molecule has 0 aromatic rings. The molecule has 0 radical (unpaired) electrons. The van der Waals surface area contributed by atoms with Gasteiger partial charge in [0.05, 0.1) is 0 Å². The lowest BCUT2D eigenvalue weighted by molar-refractivity contribution is 0.150. The highest BCUT2D eigenvalue weighted by atomic mass is 35.5. The predicted octanol–water partition coefficient (Wildman–Crippen LogP) is 3.54. The van der Waals surface area contributed by atoms with Crippen LogP contribution in [0.4, 0.5) is 0 Å². The Labute approximate surface area is 79.1 Å². The molecule has 1 aliphatic rings. The number of rotatable bonds is 5. The summed E-state index contributed by atoms with van der Waals surface area (Å²) in [5.74, 6) is 2.19. The van der Waals surface area contributed by atoms with Crippen molar-refractivity contribution in [3.8, 4) is 0 Å². The molecule has 1 aliphatic carbocycles. The maximum Gasteiger partial charge on any atom is 0.0280 e. The van der Waals surface area contributed by atoms with Crippen LogP contribution in [0.5, 0.6) is 0 Å². The monoisotopic (exact) mass is 192 g/mol. The molecule has 0 atom stereocenters. The van der Waals surface area contributed by atoms with Crippen LogP contribution in [-0.4, -0.2) is 17.9 Å². The molecule has 0 heterocycles. The van der Waals surface area contributed by atoms with Gasteiger partial charge in [0.15, 0.2) is 0 Å². The average molecular weight is 193 g/mol. The first-order chi connectivity index (χ1) is 5.33. The first-order valence-electron chi connectivity index (χ1n) is 4.38. The smallest absolute Gasteiger partial charge is 0.0280 e. The van der Waals surface area contributed by atoms with Gasteiger partial charge in [-0.25, -0.2) is 0 Å². The van der Waals surface area contributed by atoms with Crippen LogP contribution in [0.3, 0.4) is 0 Å². The molecule has 11 heavy (non-hydrogen) atoms. The van der Waals surface area contributed by atoms with E-state index in [-0.39, 0.29) is 0 Å². The number of thioether (sulfide) groups is 1. The second kappa shape index (κ2) is 4.61. The van der Waals surface area contributed by atoms with Gasteiger partial charge < -0.3 is 0 Å². The molecule has 0 aromatic carbocycles. The van der Waals surface area contributed by atoms with Gasteiger partial charge in [0.1, 0.15) is 0 Å². The standard InChI is InChI=1S/C9H17ClS/c1-11-7-3-6-9(8-10)4-2-5-9/h2-8H2,1H3. The Morgan fingerprint density at radius 3 is 2.55 bits per heavy atom. The van der Waals surface area contributed by atoms with Crippen LogP contribution in [0, 0.1) is 5.41 Å². The fraction of sp³-hybridized carbons (Fsp3) is 1.00. The van der Waals surface area contributed by atoms with Crippen LogP contribution in [0.25, 0.3) is 0 Å². The molecule has 1 saturated carbocycles. The first kappa shape index (κ1) is 9.73. The van der Waals surface area contributed by atoms with Gasteiger partial charge in [0.2, 0.25) is 0 Å². The predicted molar refractivity (Wildman–Crippen MR) is 54.6 cm³/mol. The molecule has 0 unspecified atom stereocenters. The van der Waals surface area contributed by atoms with E-state index in [0.717, 1.165) is 5.88 Å². The minimum Gasteiger partial charge on any atom is -0.165 e. The fourth-order valence-corrected chi connectivity index (χ4v) is 2.55. The third-order valence-corrected chi connectivity index (χ3v) is 4.02. The summed E-state index contributed by atoms with van der Waals surface area (Å²) in [7, 11) is 0. The average Bonchev–Trinajstić information content (AvgIpc) is 1.95. The molecule has 0 nitrogen and oxygen atoms in total. The zero-order valence-corrected chi connectivity index (χ0v) is 8.81. The van der Waals surface area contributed by atoms with Crippen molar-refractivity contribution < 1.29 is 0 Å². The summed E-state index contributed by atoms with van der Waals surface area (Å²) in [5, 5.41) is 0. The van der Waals surface area contributed by atoms with Gasteiger partial charge in [-0.05, 0) is 43.1 Å².